The highest BCUT2D eigenvalue weighted by atomic mass is 35.5. The Morgan fingerprint density at radius 1 is 1.24 bits per heavy atom. The van der Waals surface area contributed by atoms with Gasteiger partial charge in [-0.25, -0.2) is 12.8 Å². The van der Waals surface area contributed by atoms with Crippen LogP contribution in [0.3, 0.4) is 0 Å². The van der Waals surface area contributed by atoms with Gasteiger partial charge >= 0.3 is 0 Å². The van der Waals surface area contributed by atoms with Gasteiger partial charge in [0.05, 0.1) is 22.8 Å². The second-order valence-electron chi connectivity index (χ2n) is 5.85. The van der Waals surface area contributed by atoms with Crippen LogP contribution in [0.1, 0.15) is 27.6 Å². The van der Waals surface area contributed by atoms with Gasteiger partial charge in [0.25, 0.3) is 5.91 Å². The van der Waals surface area contributed by atoms with Gasteiger partial charge in [-0.2, -0.15) is 0 Å². The molecule has 1 aliphatic heterocycles. The van der Waals surface area contributed by atoms with Crippen LogP contribution in [-0.4, -0.2) is 43.1 Å². The summed E-state index contributed by atoms with van der Waals surface area (Å²) in [5.41, 5.74) is 0.652. The van der Waals surface area contributed by atoms with Crippen LogP contribution in [0.15, 0.2) is 42.7 Å². The van der Waals surface area contributed by atoms with Gasteiger partial charge in [0, 0.05) is 24.3 Å². The summed E-state index contributed by atoms with van der Waals surface area (Å²) < 4.78 is 38.6. The zero-order valence-corrected chi connectivity index (χ0v) is 14.8. The van der Waals surface area contributed by atoms with Crippen LogP contribution in [0.5, 0.6) is 0 Å². The molecule has 0 saturated carbocycles. The van der Waals surface area contributed by atoms with Crippen LogP contribution in [0, 0.1) is 5.82 Å². The summed E-state index contributed by atoms with van der Waals surface area (Å²) in [7, 11) is -3.46. The Labute approximate surface area is 150 Å². The molecule has 2 aromatic rings. The van der Waals surface area contributed by atoms with Crippen molar-refractivity contribution in [2.75, 3.05) is 18.8 Å². The highest BCUT2D eigenvalue weighted by Gasteiger charge is 2.34. The van der Waals surface area contributed by atoms with Crippen molar-refractivity contribution in [3.05, 3.63) is 64.7 Å². The fourth-order valence-electron chi connectivity index (χ4n) is 2.94. The van der Waals surface area contributed by atoms with Crippen molar-refractivity contribution in [2.24, 2.45) is 0 Å². The fourth-order valence-corrected chi connectivity index (χ4v) is 5.09. The number of carbonyl (C=O) groups excluding carboxylic acids is 1. The van der Waals surface area contributed by atoms with Crippen molar-refractivity contribution < 1.29 is 17.6 Å². The molecular formula is C17H16ClFN2O3S. The van der Waals surface area contributed by atoms with E-state index < -0.39 is 26.8 Å². The van der Waals surface area contributed by atoms with E-state index in [-0.39, 0.29) is 30.8 Å². The summed E-state index contributed by atoms with van der Waals surface area (Å²) in [6, 6.07) is 7.92. The number of aromatic nitrogens is 1. The molecule has 1 fully saturated rings. The third-order valence-electron chi connectivity index (χ3n) is 4.23. The van der Waals surface area contributed by atoms with Crippen molar-refractivity contribution >= 4 is 27.3 Å². The largest absolute Gasteiger partial charge is 0.338 e. The molecule has 0 spiro atoms. The standard InChI is InChI=1S/C17H16ClFN2O3S/c18-15-4-2-1-3-14(15)16-5-6-21(7-8-25(16,23)24)17(22)12-9-13(19)11-20-10-12/h1-4,9-11,16H,5-8H2/t16-/m1/s1. The van der Waals surface area contributed by atoms with Gasteiger partial charge in [0.1, 0.15) is 5.82 Å². The van der Waals surface area contributed by atoms with Crippen molar-refractivity contribution in [2.45, 2.75) is 11.7 Å². The highest BCUT2D eigenvalue weighted by Crippen LogP contribution is 2.34. The highest BCUT2D eigenvalue weighted by molar-refractivity contribution is 7.91. The first-order valence-corrected chi connectivity index (χ1v) is 9.83. The molecule has 0 unspecified atom stereocenters. The molecule has 0 bridgehead atoms. The zero-order chi connectivity index (χ0) is 18.0. The molecular weight excluding hydrogens is 367 g/mol. The van der Waals surface area contributed by atoms with Crippen molar-refractivity contribution in [1.82, 2.24) is 9.88 Å². The number of pyridine rings is 1. The second kappa shape index (κ2) is 7.09. The molecule has 5 nitrogen and oxygen atoms in total. The number of hydrogen-bond acceptors (Lipinski definition) is 4. The maximum absolute atomic E-state index is 13.3. The molecule has 1 atom stereocenters. The molecule has 1 aliphatic rings. The minimum Gasteiger partial charge on any atom is -0.338 e. The maximum Gasteiger partial charge on any atom is 0.255 e. The Kier molecular flexibility index (Phi) is 5.06. The lowest BCUT2D eigenvalue weighted by Crippen LogP contribution is -2.33. The summed E-state index contributed by atoms with van der Waals surface area (Å²) in [6.07, 6.45) is 2.52. The summed E-state index contributed by atoms with van der Waals surface area (Å²) in [4.78, 5) is 17.6. The van der Waals surface area contributed by atoms with Gasteiger partial charge in [-0.05, 0) is 24.1 Å². The molecule has 0 aliphatic carbocycles. The molecule has 0 N–H and O–H groups in total. The zero-order valence-electron chi connectivity index (χ0n) is 13.2. The van der Waals surface area contributed by atoms with Crippen LogP contribution in [0.4, 0.5) is 4.39 Å². The predicted octanol–water partition coefficient (Wildman–Crippen LogP) is 2.88. The third-order valence-corrected chi connectivity index (χ3v) is 6.68. The van der Waals surface area contributed by atoms with Crippen LogP contribution in [0.2, 0.25) is 5.02 Å². The molecule has 3 rings (SSSR count). The Balaban J connectivity index is 1.85. The van der Waals surface area contributed by atoms with E-state index in [4.69, 9.17) is 11.6 Å². The van der Waals surface area contributed by atoms with Gasteiger partial charge in [-0.3, -0.25) is 9.78 Å². The number of carbonyl (C=O) groups is 1. The van der Waals surface area contributed by atoms with Gasteiger partial charge in [-0.1, -0.05) is 29.8 Å². The lowest BCUT2D eigenvalue weighted by atomic mass is 10.1. The van der Waals surface area contributed by atoms with E-state index in [1.54, 1.807) is 24.3 Å². The number of hydrogen-bond donors (Lipinski definition) is 0. The lowest BCUT2D eigenvalue weighted by Gasteiger charge is -2.20. The monoisotopic (exact) mass is 382 g/mol. The molecule has 1 amide bonds. The average Bonchev–Trinajstić information content (AvgIpc) is 2.73. The maximum atomic E-state index is 13.3. The number of nitrogens with zero attached hydrogens (tertiary/aromatic N) is 2. The Hall–Kier alpha value is -1.99. The molecule has 25 heavy (non-hydrogen) atoms. The van der Waals surface area contributed by atoms with Crippen LogP contribution < -0.4 is 0 Å². The van der Waals surface area contributed by atoms with Crippen LogP contribution in [0.25, 0.3) is 0 Å². The molecule has 0 radical (unpaired) electrons. The van der Waals surface area contributed by atoms with Gasteiger partial charge < -0.3 is 4.90 Å². The molecule has 132 valence electrons. The molecule has 1 saturated heterocycles. The second-order valence-corrected chi connectivity index (χ2v) is 8.56. The quantitative estimate of drug-likeness (QED) is 0.801. The summed E-state index contributed by atoms with van der Waals surface area (Å²) in [5.74, 6) is -1.21. The first kappa shape index (κ1) is 17.8. The minimum atomic E-state index is -3.46. The third kappa shape index (κ3) is 3.82. The number of sulfone groups is 1. The summed E-state index contributed by atoms with van der Waals surface area (Å²) in [5, 5.41) is -0.366. The Morgan fingerprint density at radius 3 is 2.72 bits per heavy atom. The van der Waals surface area contributed by atoms with Gasteiger partial charge in [0.15, 0.2) is 9.84 Å². The van der Waals surface area contributed by atoms with Crippen molar-refractivity contribution in [1.29, 1.82) is 0 Å². The van der Waals surface area contributed by atoms with E-state index in [0.29, 0.717) is 10.6 Å². The number of benzene rings is 1. The molecule has 1 aromatic heterocycles. The molecule has 2 heterocycles. The minimum absolute atomic E-state index is 0.0542. The number of rotatable bonds is 2. The summed E-state index contributed by atoms with van der Waals surface area (Å²) in [6.45, 7) is 0.295. The number of amides is 1. The van der Waals surface area contributed by atoms with Crippen molar-refractivity contribution in [3.8, 4) is 0 Å². The smallest absolute Gasteiger partial charge is 0.255 e. The van der Waals surface area contributed by atoms with E-state index in [1.807, 2.05) is 0 Å². The average molecular weight is 383 g/mol. The lowest BCUT2D eigenvalue weighted by molar-refractivity contribution is 0.0765. The predicted molar refractivity (Wildman–Crippen MR) is 92.7 cm³/mol. The normalized spacial score (nSPS) is 20.1. The van der Waals surface area contributed by atoms with Gasteiger partial charge in [-0.15, -0.1) is 0 Å². The van der Waals surface area contributed by atoms with E-state index in [1.165, 1.54) is 11.1 Å². The van der Waals surface area contributed by atoms with E-state index in [9.17, 15) is 17.6 Å². The fraction of sp³-hybridized carbons (Fsp3) is 0.294. The molecule has 1 aromatic carbocycles. The SMILES string of the molecule is O=C(c1cncc(F)c1)N1CC[C@H](c2ccccc2Cl)S(=O)(=O)CC1. The van der Waals surface area contributed by atoms with Gasteiger partial charge in [0.2, 0.25) is 0 Å². The van der Waals surface area contributed by atoms with E-state index in [0.717, 1.165) is 12.3 Å². The van der Waals surface area contributed by atoms with E-state index >= 15 is 0 Å². The summed E-state index contributed by atoms with van der Waals surface area (Å²) >= 11 is 6.16. The topological polar surface area (TPSA) is 67.3 Å². The number of halogens is 2. The van der Waals surface area contributed by atoms with E-state index in [2.05, 4.69) is 4.98 Å². The first-order valence-electron chi connectivity index (χ1n) is 7.74. The van der Waals surface area contributed by atoms with Crippen LogP contribution in [-0.2, 0) is 9.84 Å². The Morgan fingerprint density at radius 2 is 2.00 bits per heavy atom. The van der Waals surface area contributed by atoms with Crippen molar-refractivity contribution in [3.63, 3.8) is 0 Å². The Bertz CT molecular complexity index is 904. The first-order chi connectivity index (χ1) is 11.9. The van der Waals surface area contributed by atoms with Crippen LogP contribution >= 0.6 is 11.6 Å². The molecule has 8 heteroatoms.